The molecule has 1 saturated heterocycles. The zero-order valence-corrected chi connectivity index (χ0v) is 17.3. The number of ether oxygens (including phenoxy) is 3. The molecular weight excluding hydrogens is 376 g/mol. The molecule has 1 aliphatic carbocycles. The second-order valence-corrected chi connectivity index (χ2v) is 7.43. The van der Waals surface area contributed by atoms with Crippen LogP contribution in [0.2, 0.25) is 0 Å². The highest BCUT2D eigenvalue weighted by Crippen LogP contribution is 2.36. The Labute approximate surface area is 170 Å². The Hall–Kier alpha value is -2.67. The highest BCUT2D eigenvalue weighted by molar-refractivity contribution is 5.92. The Morgan fingerprint density at radius 2 is 2.00 bits per heavy atom. The second kappa shape index (κ2) is 9.69. The first kappa shape index (κ1) is 22.6. The maximum Gasteiger partial charge on any atom is 0.334 e. The number of aliphatic hydroxyl groups is 1. The fourth-order valence-electron chi connectivity index (χ4n) is 3.48. The summed E-state index contributed by atoms with van der Waals surface area (Å²) >= 11 is 0. The van der Waals surface area contributed by atoms with Gasteiger partial charge in [-0.1, -0.05) is 18.2 Å². The lowest BCUT2D eigenvalue weighted by Gasteiger charge is -2.28. The van der Waals surface area contributed by atoms with E-state index in [4.69, 9.17) is 19.3 Å². The van der Waals surface area contributed by atoms with Crippen LogP contribution in [0.4, 0.5) is 0 Å². The van der Waals surface area contributed by atoms with E-state index < -0.39 is 42.1 Å². The average Bonchev–Trinajstić information content (AvgIpc) is 2.90. The van der Waals surface area contributed by atoms with Gasteiger partial charge < -0.3 is 19.3 Å². The van der Waals surface area contributed by atoms with Crippen molar-refractivity contribution >= 4 is 17.9 Å². The van der Waals surface area contributed by atoms with Gasteiger partial charge >= 0.3 is 17.9 Å². The molecule has 7 nitrogen and oxygen atoms in total. The van der Waals surface area contributed by atoms with Crippen LogP contribution in [0.5, 0.6) is 0 Å². The molecule has 0 bridgehead atoms. The topological polar surface area (TPSA) is 99.1 Å². The predicted molar refractivity (Wildman–Crippen MR) is 106 cm³/mol. The molecule has 1 N–H and O–H groups in total. The monoisotopic (exact) mass is 404 g/mol. The van der Waals surface area contributed by atoms with E-state index in [0.29, 0.717) is 12.8 Å². The number of esters is 3. The molecule has 29 heavy (non-hydrogen) atoms. The van der Waals surface area contributed by atoms with Gasteiger partial charge in [0, 0.05) is 30.9 Å². The summed E-state index contributed by atoms with van der Waals surface area (Å²) in [6, 6.07) is 0. The Morgan fingerprint density at radius 1 is 1.31 bits per heavy atom. The highest BCUT2D eigenvalue weighted by atomic mass is 16.6. The summed E-state index contributed by atoms with van der Waals surface area (Å²) in [6.07, 6.45) is 4.05. The van der Waals surface area contributed by atoms with Crippen LogP contribution < -0.4 is 0 Å². The van der Waals surface area contributed by atoms with Crippen molar-refractivity contribution in [1.29, 1.82) is 0 Å². The first-order valence-electron chi connectivity index (χ1n) is 9.53. The average molecular weight is 404 g/mol. The molecule has 2 rings (SSSR count). The number of aliphatic hydroxyl groups excluding tert-OH is 1. The molecule has 0 aromatic heterocycles. The number of hydrogen-bond acceptors (Lipinski definition) is 7. The fraction of sp³-hybridized carbons (Fsp3) is 0.500. The number of hydrogen-bond donors (Lipinski definition) is 1. The number of fused-ring (bicyclic) bond motifs is 1. The Morgan fingerprint density at radius 3 is 2.62 bits per heavy atom. The van der Waals surface area contributed by atoms with E-state index in [-0.39, 0.29) is 17.8 Å². The van der Waals surface area contributed by atoms with Gasteiger partial charge in [-0.15, -0.1) is 0 Å². The zero-order chi connectivity index (χ0) is 21.7. The van der Waals surface area contributed by atoms with Crippen LogP contribution in [-0.2, 0) is 28.6 Å². The van der Waals surface area contributed by atoms with Gasteiger partial charge in [-0.05, 0) is 38.5 Å². The van der Waals surface area contributed by atoms with Gasteiger partial charge in [-0.3, -0.25) is 4.79 Å². The van der Waals surface area contributed by atoms with Crippen LogP contribution in [-0.4, -0.2) is 47.9 Å². The molecule has 1 heterocycles. The van der Waals surface area contributed by atoms with Gasteiger partial charge in [0.15, 0.2) is 0 Å². The lowest BCUT2D eigenvalue weighted by atomic mass is 9.85. The number of carbonyl (C=O) groups is 3. The lowest BCUT2D eigenvalue weighted by molar-refractivity contribution is -0.148. The van der Waals surface area contributed by atoms with Gasteiger partial charge in [0.25, 0.3) is 0 Å². The van der Waals surface area contributed by atoms with Crippen molar-refractivity contribution in [2.75, 3.05) is 6.61 Å². The largest absolute Gasteiger partial charge is 0.458 e. The molecule has 0 radical (unpaired) electrons. The normalized spacial score (nSPS) is 31.6. The smallest absolute Gasteiger partial charge is 0.334 e. The molecule has 4 atom stereocenters. The summed E-state index contributed by atoms with van der Waals surface area (Å²) < 4.78 is 16.6. The minimum Gasteiger partial charge on any atom is -0.458 e. The van der Waals surface area contributed by atoms with Gasteiger partial charge in [0.05, 0.1) is 12.5 Å². The van der Waals surface area contributed by atoms with Crippen molar-refractivity contribution in [3.63, 3.8) is 0 Å². The van der Waals surface area contributed by atoms with E-state index in [1.807, 2.05) is 13.0 Å². The standard InChI is InChI=1S/C22H28O7/c1-12-6-7-17(27-16(5)24)14(3)11-19-20(15(4)22(26)29-19)18(10-12)28-21(25)13(2)8-9-23/h6,8,11,17-20,23H,4,7,9-10H2,1-3,5H3/b12-6+,13-8+,14-11-/t17-,18+,19+,20?/m0/s1. The maximum absolute atomic E-state index is 12.4. The quantitative estimate of drug-likeness (QED) is 0.333. The van der Waals surface area contributed by atoms with E-state index >= 15 is 0 Å². The van der Waals surface area contributed by atoms with E-state index in [1.165, 1.54) is 13.0 Å². The van der Waals surface area contributed by atoms with Crippen molar-refractivity contribution in [2.45, 2.75) is 58.8 Å². The molecule has 7 heteroatoms. The van der Waals surface area contributed by atoms with Crippen LogP contribution in [0.3, 0.4) is 0 Å². The molecule has 2 aliphatic rings. The van der Waals surface area contributed by atoms with Crippen molar-refractivity contribution in [2.24, 2.45) is 5.92 Å². The summed E-state index contributed by atoms with van der Waals surface area (Å²) in [7, 11) is 0. The molecular formula is C22H28O7. The molecule has 1 fully saturated rings. The van der Waals surface area contributed by atoms with Crippen LogP contribution in [0.15, 0.2) is 47.1 Å². The number of carbonyl (C=O) groups excluding carboxylic acids is 3. The SMILES string of the molecule is C=C1C(=O)O[C@@H]2/C=C(/C)[C@@H](OC(C)=O)C/C=C(\C)C[C@@H](OC(=O)/C(C)=C/CO)C12. The third kappa shape index (κ3) is 5.67. The van der Waals surface area contributed by atoms with Crippen molar-refractivity contribution in [3.8, 4) is 0 Å². The van der Waals surface area contributed by atoms with E-state index in [0.717, 1.165) is 11.1 Å². The molecule has 0 aromatic carbocycles. The van der Waals surface area contributed by atoms with Crippen molar-refractivity contribution in [3.05, 3.63) is 47.1 Å². The van der Waals surface area contributed by atoms with E-state index in [1.54, 1.807) is 19.9 Å². The third-order valence-corrected chi connectivity index (χ3v) is 5.09. The van der Waals surface area contributed by atoms with E-state index in [2.05, 4.69) is 6.58 Å². The summed E-state index contributed by atoms with van der Waals surface area (Å²) in [5, 5.41) is 9.01. The molecule has 0 aromatic rings. The lowest BCUT2D eigenvalue weighted by Crippen LogP contribution is -2.34. The van der Waals surface area contributed by atoms with Crippen LogP contribution in [0.1, 0.15) is 40.5 Å². The van der Waals surface area contributed by atoms with Crippen LogP contribution in [0.25, 0.3) is 0 Å². The molecule has 0 amide bonds. The van der Waals surface area contributed by atoms with Gasteiger partial charge in [-0.25, -0.2) is 9.59 Å². The maximum atomic E-state index is 12.4. The van der Waals surface area contributed by atoms with Gasteiger partial charge in [-0.2, -0.15) is 0 Å². The first-order chi connectivity index (χ1) is 13.6. The molecule has 0 spiro atoms. The molecule has 1 aliphatic heterocycles. The number of rotatable bonds is 4. The molecule has 0 saturated carbocycles. The predicted octanol–water partition coefficient (Wildman–Crippen LogP) is 2.55. The van der Waals surface area contributed by atoms with Crippen molar-refractivity contribution < 1.29 is 33.7 Å². The second-order valence-electron chi connectivity index (χ2n) is 7.43. The van der Waals surface area contributed by atoms with E-state index in [9.17, 15) is 14.4 Å². The summed E-state index contributed by atoms with van der Waals surface area (Å²) in [5.41, 5.74) is 2.17. The zero-order valence-electron chi connectivity index (χ0n) is 17.3. The highest BCUT2D eigenvalue weighted by Gasteiger charge is 2.44. The van der Waals surface area contributed by atoms with Gasteiger partial charge in [0.2, 0.25) is 0 Å². The summed E-state index contributed by atoms with van der Waals surface area (Å²) in [4.78, 5) is 36.1. The third-order valence-electron chi connectivity index (χ3n) is 5.09. The Kier molecular flexibility index (Phi) is 7.56. The van der Waals surface area contributed by atoms with Crippen molar-refractivity contribution in [1.82, 2.24) is 0 Å². The van der Waals surface area contributed by atoms with Crippen LogP contribution >= 0.6 is 0 Å². The molecule has 1 unspecified atom stereocenters. The minimum absolute atomic E-state index is 0.234. The van der Waals surface area contributed by atoms with Gasteiger partial charge in [0.1, 0.15) is 18.3 Å². The Balaban J connectivity index is 2.42. The Bertz CT molecular complexity index is 787. The van der Waals surface area contributed by atoms with Crippen LogP contribution in [0, 0.1) is 5.92 Å². The molecule has 158 valence electrons. The summed E-state index contributed by atoms with van der Waals surface area (Å²) in [6.45, 7) is 10.2. The fourth-order valence-corrected chi connectivity index (χ4v) is 3.48. The first-order valence-corrected chi connectivity index (χ1v) is 9.53. The summed E-state index contributed by atoms with van der Waals surface area (Å²) in [5.74, 6) is -2.08. The minimum atomic E-state index is -0.682.